The van der Waals surface area contributed by atoms with Gasteiger partial charge in [-0.2, -0.15) is 13.2 Å². The summed E-state index contributed by atoms with van der Waals surface area (Å²) in [5, 5.41) is 0. The summed E-state index contributed by atoms with van der Waals surface area (Å²) in [6.07, 6.45) is -4.39. The zero-order valence-electron chi connectivity index (χ0n) is 11.7. The maximum atomic E-state index is 13.0. The highest BCUT2D eigenvalue weighted by Gasteiger charge is 2.42. The van der Waals surface area contributed by atoms with E-state index >= 15 is 0 Å². The van der Waals surface area contributed by atoms with Gasteiger partial charge in [-0.3, -0.25) is 4.90 Å². The van der Waals surface area contributed by atoms with Gasteiger partial charge in [-0.05, 0) is 26.8 Å². The standard InChI is InChI=1S/C12H25F3N2O2/c1-3-18-9-7-17(8-10-19-4-2)11(5-6-16)12(13,14)15/h11H,3-10,16H2,1-2H3. The van der Waals surface area contributed by atoms with Crippen molar-refractivity contribution in [2.24, 2.45) is 5.73 Å². The normalized spacial score (nSPS) is 14.1. The molecule has 0 aromatic rings. The van der Waals surface area contributed by atoms with Gasteiger partial charge in [0, 0.05) is 26.3 Å². The van der Waals surface area contributed by atoms with Gasteiger partial charge in [0.2, 0.25) is 0 Å². The molecule has 2 N–H and O–H groups in total. The lowest BCUT2D eigenvalue weighted by molar-refractivity contribution is -0.187. The average Bonchev–Trinajstić information content (AvgIpc) is 2.33. The smallest absolute Gasteiger partial charge is 0.380 e. The number of rotatable bonds is 11. The Kier molecular flexibility index (Phi) is 10.2. The van der Waals surface area contributed by atoms with E-state index in [2.05, 4.69) is 0 Å². The molecule has 0 aromatic heterocycles. The van der Waals surface area contributed by atoms with Crippen molar-refractivity contribution in [2.45, 2.75) is 32.5 Å². The van der Waals surface area contributed by atoms with Crippen LogP contribution < -0.4 is 5.73 Å². The lowest BCUT2D eigenvalue weighted by Gasteiger charge is -2.32. The first-order valence-corrected chi connectivity index (χ1v) is 6.63. The Bertz CT molecular complexity index is 206. The summed E-state index contributed by atoms with van der Waals surface area (Å²) in [7, 11) is 0. The third-order valence-electron chi connectivity index (χ3n) is 2.71. The topological polar surface area (TPSA) is 47.7 Å². The lowest BCUT2D eigenvalue weighted by atomic mass is 10.1. The summed E-state index contributed by atoms with van der Waals surface area (Å²) in [6.45, 7) is 5.62. The summed E-state index contributed by atoms with van der Waals surface area (Å²) < 4.78 is 49.3. The van der Waals surface area contributed by atoms with Crippen LogP contribution >= 0.6 is 0 Å². The van der Waals surface area contributed by atoms with E-state index < -0.39 is 12.2 Å². The third kappa shape index (κ3) is 8.41. The van der Waals surface area contributed by atoms with E-state index in [1.54, 1.807) is 0 Å². The minimum atomic E-state index is -4.28. The molecule has 0 bridgehead atoms. The van der Waals surface area contributed by atoms with E-state index in [1.165, 1.54) is 4.90 Å². The van der Waals surface area contributed by atoms with Crippen LogP contribution in [0.1, 0.15) is 20.3 Å². The predicted molar refractivity (Wildman–Crippen MR) is 68.1 cm³/mol. The van der Waals surface area contributed by atoms with E-state index in [4.69, 9.17) is 15.2 Å². The first kappa shape index (κ1) is 18.6. The molecule has 0 aliphatic rings. The minimum absolute atomic E-state index is 0.00392. The van der Waals surface area contributed by atoms with Gasteiger partial charge in [0.05, 0.1) is 13.2 Å². The monoisotopic (exact) mass is 286 g/mol. The van der Waals surface area contributed by atoms with Crippen molar-refractivity contribution in [3.8, 4) is 0 Å². The van der Waals surface area contributed by atoms with Crippen LogP contribution in [0.25, 0.3) is 0 Å². The molecule has 116 valence electrons. The predicted octanol–water partition coefficient (Wildman–Crippen LogP) is 1.64. The van der Waals surface area contributed by atoms with E-state index in [-0.39, 0.29) is 39.3 Å². The highest BCUT2D eigenvalue weighted by molar-refractivity contribution is 4.79. The van der Waals surface area contributed by atoms with Crippen LogP contribution in [0.2, 0.25) is 0 Å². The van der Waals surface area contributed by atoms with Gasteiger partial charge in [0.1, 0.15) is 6.04 Å². The van der Waals surface area contributed by atoms with Crippen LogP contribution in [0.15, 0.2) is 0 Å². The quantitative estimate of drug-likeness (QED) is 0.587. The summed E-state index contributed by atoms with van der Waals surface area (Å²) in [5.74, 6) is 0. The third-order valence-corrected chi connectivity index (χ3v) is 2.71. The number of alkyl halides is 3. The van der Waals surface area contributed by atoms with Crippen molar-refractivity contribution in [1.82, 2.24) is 4.90 Å². The van der Waals surface area contributed by atoms with Gasteiger partial charge >= 0.3 is 6.18 Å². The summed E-state index contributed by atoms with van der Waals surface area (Å²) in [4.78, 5) is 1.35. The Hall–Kier alpha value is -0.370. The van der Waals surface area contributed by atoms with Gasteiger partial charge < -0.3 is 15.2 Å². The number of ether oxygens (including phenoxy) is 2. The molecule has 1 unspecified atom stereocenters. The van der Waals surface area contributed by atoms with Crippen molar-refractivity contribution in [2.75, 3.05) is 46.1 Å². The van der Waals surface area contributed by atoms with Gasteiger partial charge in [0.15, 0.2) is 0 Å². The number of hydrogen-bond donors (Lipinski definition) is 1. The molecule has 0 fully saturated rings. The van der Waals surface area contributed by atoms with Crippen LogP contribution in [0.3, 0.4) is 0 Å². The zero-order valence-corrected chi connectivity index (χ0v) is 11.7. The van der Waals surface area contributed by atoms with Crippen molar-refractivity contribution in [3.63, 3.8) is 0 Å². The molecular weight excluding hydrogens is 261 g/mol. The molecule has 19 heavy (non-hydrogen) atoms. The van der Waals surface area contributed by atoms with E-state index in [9.17, 15) is 13.2 Å². The fraction of sp³-hybridized carbons (Fsp3) is 1.00. The molecular formula is C12H25F3N2O2. The Balaban J connectivity index is 4.53. The molecule has 0 aromatic carbocycles. The molecule has 0 radical (unpaired) electrons. The van der Waals surface area contributed by atoms with E-state index in [0.29, 0.717) is 13.2 Å². The van der Waals surface area contributed by atoms with Crippen LogP contribution in [-0.2, 0) is 9.47 Å². The fourth-order valence-electron chi connectivity index (χ4n) is 1.79. The highest BCUT2D eigenvalue weighted by Crippen LogP contribution is 2.26. The number of halogens is 3. The Morgan fingerprint density at radius 2 is 1.53 bits per heavy atom. The largest absolute Gasteiger partial charge is 0.404 e. The number of hydrogen-bond acceptors (Lipinski definition) is 4. The van der Waals surface area contributed by atoms with Crippen LogP contribution in [0.4, 0.5) is 13.2 Å². The first-order chi connectivity index (χ1) is 8.97. The van der Waals surface area contributed by atoms with Crippen LogP contribution in [-0.4, -0.2) is 63.2 Å². The van der Waals surface area contributed by atoms with Crippen molar-refractivity contribution in [1.29, 1.82) is 0 Å². The first-order valence-electron chi connectivity index (χ1n) is 6.63. The van der Waals surface area contributed by atoms with Gasteiger partial charge in [0.25, 0.3) is 0 Å². The molecule has 0 heterocycles. The lowest BCUT2D eigenvalue weighted by Crippen LogP contribution is -2.49. The molecule has 0 rings (SSSR count). The fourth-order valence-corrected chi connectivity index (χ4v) is 1.79. The summed E-state index contributed by atoms with van der Waals surface area (Å²) >= 11 is 0. The molecule has 0 saturated heterocycles. The Morgan fingerprint density at radius 1 is 1.05 bits per heavy atom. The number of nitrogens with zero attached hydrogens (tertiary/aromatic N) is 1. The van der Waals surface area contributed by atoms with Gasteiger partial charge in [-0.25, -0.2) is 0 Å². The van der Waals surface area contributed by atoms with Crippen molar-refractivity contribution in [3.05, 3.63) is 0 Å². The molecule has 1 atom stereocenters. The second-order valence-electron chi connectivity index (χ2n) is 4.06. The second-order valence-corrected chi connectivity index (χ2v) is 4.06. The van der Waals surface area contributed by atoms with Crippen molar-refractivity contribution >= 4 is 0 Å². The average molecular weight is 286 g/mol. The van der Waals surface area contributed by atoms with Gasteiger partial charge in [-0.15, -0.1) is 0 Å². The molecule has 0 saturated carbocycles. The SMILES string of the molecule is CCOCCN(CCOCC)C(CCN)C(F)(F)F. The molecule has 0 amide bonds. The molecule has 4 nitrogen and oxygen atoms in total. The van der Waals surface area contributed by atoms with Crippen LogP contribution in [0, 0.1) is 0 Å². The van der Waals surface area contributed by atoms with Crippen molar-refractivity contribution < 1.29 is 22.6 Å². The summed E-state index contributed by atoms with van der Waals surface area (Å²) in [6, 6.07) is -1.53. The minimum Gasteiger partial charge on any atom is -0.380 e. The molecule has 7 heteroatoms. The molecule has 0 spiro atoms. The maximum absolute atomic E-state index is 13.0. The molecule has 0 aliphatic carbocycles. The maximum Gasteiger partial charge on any atom is 0.404 e. The highest BCUT2D eigenvalue weighted by atomic mass is 19.4. The zero-order chi connectivity index (χ0) is 14.7. The van der Waals surface area contributed by atoms with E-state index in [1.807, 2.05) is 13.8 Å². The van der Waals surface area contributed by atoms with Gasteiger partial charge in [-0.1, -0.05) is 0 Å². The Labute approximate surface area is 113 Å². The van der Waals surface area contributed by atoms with E-state index in [0.717, 1.165) is 0 Å². The number of nitrogens with two attached hydrogens (primary N) is 1. The summed E-state index contributed by atoms with van der Waals surface area (Å²) in [5.41, 5.74) is 5.28. The second kappa shape index (κ2) is 10.4. The molecule has 0 aliphatic heterocycles. The Morgan fingerprint density at radius 3 is 1.84 bits per heavy atom. The van der Waals surface area contributed by atoms with Crippen LogP contribution in [0.5, 0.6) is 0 Å².